The number of hydrogen-bond acceptors (Lipinski definition) is 4. The molecule has 5 nitrogen and oxygen atoms in total. The number of hydrogen-bond donors (Lipinski definition) is 1. The molecule has 1 aliphatic heterocycles. The van der Waals surface area contributed by atoms with Gasteiger partial charge in [-0.15, -0.1) is 6.58 Å². The van der Waals surface area contributed by atoms with Crippen molar-refractivity contribution in [1.82, 2.24) is 10.3 Å². The van der Waals surface area contributed by atoms with Crippen molar-refractivity contribution in [3.63, 3.8) is 0 Å². The minimum absolute atomic E-state index is 0.118. The number of nitrogens with one attached hydrogen (secondary N) is 1. The topological polar surface area (TPSA) is 48.5 Å². The van der Waals surface area contributed by atoms with Gasteiger partial charge < -0.3 is 15.1 Å². The fraction of sp³-hybridized carbons (Fsp3) is 0.263. The first-order chi connectivity index (χ1) is 11.8. The molecule has 1 fully saturated rings. The maximum Gasteiger partial charge on any atom is 0.253 e. The summed E-state index contributed by atoms with van der Waals surface area (Å²) in [4.78, 5) is 20.9. The predicted molar refractivity (Wildman–Crippen MR) is 97.6 cm³/mol. The van der Waals surface area contributed by atoms with Gasteiger partial charge in [-0.25, -0.2) is 0 Å². The Morgan fingerprint density at radius 1 is 1.08 bits per heavy atom. The molecule has 0 atom stereocenters. The highest BCUT2D eigenvalue weighted by molar-refractivity contribution is 5.94. The summed E-state index contributed by atoms with van der Waals surface area (Å²) in [6.07, 6.45) is 5.09. The van der Waals surface area contributed by atoms with E-state index in [1.54, 1.807) is 12.3 Å². The number of para-hydroxylation sites is 1. The second-order valence-corrected chi connectivity index (χ2v) is 5.74. The van der Waals surface area contributed by atoms with Crippen LogP contribution in [0.25, 0.3) is 0 Å². The third-order valence-electron chi connectivity index (χ3n) is 4.16. The first kappa shape index (κ1) is 16.1. The van der Waals surface area contributed by atoms with Crippen LogP contribution in [0.2, 0.25) is 0 Å². The van der Waals surface area contributed by atoms with Crippen LogP contribution < -0.4 is 15.1 Å². The number of rotatable bonds is 5. The fourth-order valence-electron chi connectivity index (χ4n) is 2.85. The molecule has 0 aliphatic carbocycles. The molecule has 3 rings (SSSR count). The van der Waals surface area contributed by atoms with Crippen molar-refractivity contribution in [2.24, 2.45) is 0 Å². The van der Waals surface area contributed by atoms with Crippen molar-refractivity contribution in [2.75, 3.05) is 42.5 Å². The highest BCUT2D eigenvalue weighted by atomic mass is 16.1. The molecule has 5 heteroatoms. The number of amides is 1. The largest absolute Gasteiger partial charge is 0.368 e. The molecule has 1 aliphatic rings. The molecule has 1 N–H and O–H groups in total. The number of anilines is 2. The van der Waals surface area contributed by atoms with Gasteiger partial charge in [-0.2, -0.15) is 0 Å². The summed E-state index contributed by atoms with van der Waals surface area (Å²) in [5.74, 6) is -0.118. The van der Waals surface area contributed by atoms with Gasteiger partial charge in [0.1, 0.15) is 0 Å². The third-order valence-corrected chi connectivity index (χ3v) is 4.16. The summed E-state index contributed by atoms with van der Waals surface area (Å²) < 4.78 is 0. The summed E-state index contributed by atoms with van der Waals surface area (Å²) in [6, 6.07) is 12.4. The number of aromatic nitrogens is 1. The Morgan fingerprint density at radius 3 is 2.42 bits per heavy atom. The molecule has 1 amide bonds. The number of nitrogens with zero attached hydrogens (tertiary/aromatic N) is 3. The highest BCUT2D eigenvalue weighted by Crippen LogP contribution is 2.20. The number of carbonyl (C=O) groups excluding carboxylic acids is 1. The van der Waals surface area contributed by atoms with Crippen LogP contribution in [0.5, 0.6) is 0 Å². The second kappa shape index (κ2) is 7.64. The zero-order valence-electron chi connectivity index (χ0n) is 13.7. The van der Waals surface area contributed by atoms with Crippen molar-refractivity contribution >= 4 is 17.3 Å². The minimum atomic E-state index is -0.118. The molecule has 24 heavy (non-hydrogen) atoms. The van der Waals surface area contributed by atoms with Gasteiger partial charge in [-0.3, -0.25) is 9.78 Å². The third kappa shape index (κ3) is 3.74. The van der Waals surface area contributed by atoms with Crippen LogP contribution in [0.3, 0.4) is 0 Å². The van der Waals surface area contributed by atoms with Gasteiger partial charge in [0, 0.05) is 44.6 Å². The number of piperazine rings is 1. The van der Waals surface area contributed by atoms with Crippen molar-refractivity contribution in [1.29, 1.82) is 0 Å². The van der Waals surface area contributed by atoms with E-state index in [0.717, 1.165) is 31.9 Å². The molecule has 1 aromatic heterocycles. The van der Waals surface area contributed by atoms with E-state index in [0.29, 0.717) is 12.1 Å². The zero-order chi connectivity index (χ0) is 16.8. The lowest BCUT2D eigenvalue weighted by atomic mass is 10.2. The molecule has 0 bridgehead atoms. The fourth-order valence-corrected chi connectivity index (χ4v) is 2.85. The van der Waals surface area contributed by atoms with Gasteiger partial charge in [0.25, 0.3) is 5.91 Å². The van der Waals surface area contributed by atoms with Crippen molar-refractivity contribution < 1.29 is 4.79 Å². The molecule has 0 radical (unpaired) electrons. The second-order valence-electron chi connectivity index (χ2n) is 5.74. The Morgan fingerprint density at radius 2 is 1.75 bits per heavy atom. The van der Waals surface area contributed by atoms with Crippen molar-refractivity contribution in [3.8, 4) is 0 Å². The Labute approximate surface area is 142 Å². The van der Waals surface area contributed by atoms with Gasteiger partial charge in [-0.1, -0.05) is 24.3 Å². The Bertz CT molecular complexity index is 694. The number of pyridine rings is 1. The van der Waals surface area contributed by atoms with Gasteiger partial charge in [0.2, 0.25) is 0 Å². The number of carbonyl (C=O) groups is 1. The average Bonchev–Trinajstić information content (AvgIpc) is 2.67. The minimum Gasteiger partial charge on any atom is -0.368 e. The predicted octanol–water partition coefficient (Wildman–Crippen LogP) is 2.32. The summed E-state index contributed by atoms with van der Waals surface area (Å²) in [5, 5.41) is 2.78. The highest BCUT2D eigenvalue weighted by Gasteiger charge is 2.18. The molecule has 1 aromatic carbocycles. The van der Waals surface area contributed by atoms with E-state index in [4.69, 9.17) is 0 Å². The van der Waals surface area contributed by atoms with Crippen molar-refractivity contribution in [3.05, 3.63) is 67.0 Å². The summed E-state index contributed by atoms with van der Waals surface area (Å²) in [5.41, 5.74) is 2.83. The van der Waals surface area contributed by atoms with Gasteiger partial charge in [0.05, 0.1) is 17.4 Å². The maximum absolute atomic E-state index is 12.0. The van der Waals surface area contributed by atoms with Gasteiger partial charge >= 0.3 is 0 Å². The van der Waals surface area contributed by atoms with Gasteiger partial charge in [-0.05, 0) is 18.2 Å². The summed E-state index contributed by atoms with van der Waals surface area (Å²) in [7, 11) is 0. The summed E-state index contributed by atoms with van der Waals surface area (Å²) in [6.45, 7) is 7.80. The average molecular weight is 322 g/mol. The molecule has 2 heterocycles. The lowest BCUT2D eigenvalue weighted by molar-refractivity contribution is 0.0957. The van der Waals surface area contributed by atoms with E-state index in [9.17, 15) is 4.79 Å². The van der Waals surface area contributed by atoms with E-state index < -0.39 is 0 Å². The molecular formula is C19H22N4O. The van der Waals surface area contributed by atoms with Crippen LogP contribution >= 0.6 is 0 Å². The van der Waals surface area contributed by atoms with E-state index in [2.05, 4.69) is 50.9 Å². The van der Waals surface area contributed by atoms with E-state index >= 15 is 0 Å². The molecule has 0 spiro atoms. The van der Waals surface area contributed by atoms with E-state index in [1.165, 1.54) is 5.69 Å². The van der Waals surface area contributed by atoms with E-state index in [-0.39, 0.29) is 5.91 Å². The Hall–Kier alpha value is -2.82. The van der Waals surface area contributed by atoms with Crippen LogP contribution in [-0.2, 0) is 0 Å². The Kier molecular flexibility index (Phi) is 5.11. The first-order valence-corrected chi connectivity index (χ1v) is 8.17. The molecule has 0 saturated carbocycles. The SMILES string of the molecule is C=CCNC(=O)c1cncc(N2CCN(c3ccccc3)CC2)c1. The summed E-state index contributed by atoms with van der Waals surface area (Å²) >= 11 is 0. The Balaban J connectivity index is 1.64. The smallest absolute Gasteiger partial charge is 0.253 e. The lowest BCUT2D eigenvalue weighted by Crippen LogP contribution is -2.46. The standard InChI is InChI=1S/C19H22N4O/c1-2-8-21-19(24)16-13-18(15-20-14-16)23-11-9-22(10-12-23)17-6-4-3-5-7-17/h2-7,13-15H,1,8-12H2,(H,21,24). The maximum atomic E-state index is 12.0. The van der Waals surface area contributed by atoms with Crippen LogP contribution in [0.15, 0.2) is 61.4 Å². The monoisotopic (exact) mass is 322 g/mol. The molecule has 2 aromatic rings. The normalized spacial score (nSPS) is 14.3. The quantitative estimate of drug-likeness (QED) is 0.858. The molecule has 124 valence electrons. The van der Waals surface area contributed by atoms with Crippen LogP contribution in [0.1, 0.15) is 10.4 Å². The molecule has 0 unspecified atom stereocenters. The lowest BCUT2D eigenvalue weighted by Gasteiger charge is -2.37. The van der Waals surface area contributed by atoms with Gasteiger partial charge in [0.15, 0.2) is 0 Å². The number of benzene rings is 1. The first-order valence-electron chi connectivity index (χ1n) is 8.17. The van der Waals surface area contributed by atoms with Crippen LogP contribution in [0.4, 0.5) is 11.4 Å². The van der Waals surface area contributed by atoms with E-state index in [1.807, 2.05) is 18.3 Å². The molecule has 1 saturated heterocycles. The van der Waals surface area contributed by atoms with Crippen LogP contribution in [0, 0.1) is 0 Å². The van der Waals surface area contributed by atoms with Crippen LogP contribution in [-0.4, -0.2) is 43.6 Å². The zero-order valence-corrected chi connectivity index (χ0v) is 13.7. The van der Waals surface area contributed by atoms with Crippen molar-refractivity contribution in [2.45, 2.75) is 0 Å². The molecular weight excluding hydrogens is 300 g/mol.